The molecule has 29 heavy (non-hydrogen) atoms. The Bertz CT molecular complexity index is 1060. The van der Waals surface area contributed by atoms with E-state index in [-0.39, 0.29) is 5.91 Å². The zero-order valence-electron chi connectivity index (χ0n) is 18.0. The van der Waals surface area contributed by atoms with Crippen molar-refractivity contribution in [3.63, 3.8) is 0 Å². The third-order valence-corrected chi connectivity index (χ3v) is 5.71. The number of amides is 1. The van der Waals surface area contributed by atoms with Gasteiger partial charge in [0.2, 0.25) is 0 Å². The second-order valence-corrected chi connectivity index (χ2v) is 8.13. The van der Waals surface area contributed by atoms with Gasteiger partial charge in [-0.15, -0.1) is 0 Å². The molecule has 0 radical (unpaired) electrons. The van der Waals surface area contributed by atoms with Crippen molar-refractivity contribution < 1.29 is 4.79 Å². The zero-order chi connectivity index (χ0) is 20.7. The number of carbonyl (C=O) groups is 1. The molecule has 6 nitrogen and oxygen atoms in total. The van der Waals surface area contributed by atoms with Crippen molar-refractivity contribution in [3.05, 3.63) is 58.0 Å². The van der Waals surface area contributed by atoms with Crippen molar-refractivity contribution in [2.45, 2.75) is 53.6 Å². The smallest absolute Gasteiger partial charge is 0.254 e. The van der Waals surface area contributed by atoms with Gasteiger partial charge in [-0.3, -0.25) is 9.48 Å². The Morgan fingerprint density at radius 3 is 2.55 bits per heavy atom. The normalized spacial score (nSPS) is 13.6. The minimum atomic E-state index is 0.0883. The van der Waals surface area contributed by atoms with Gasteiger partial charge >= 0.3 is 0 Å². The number of nitrogens with zero attached hydrogens (tertiary/aromatic N) is 5. The zero-order valence-corrected chi connectivity index (χ0v) is 18.0. The molecule has 0 aliphatic carbocycles. The minimum absolute atomic E-state index is 0.0883. The number of aryl methyl sites for hydroxylation is 4. The number of aromatic nitrogens is 4. The first-order valence-corrected chi connectivity index (χ1v) is 10.3. The summed E-state index contributed by atoms with van der Waals surface area (Å²) in [5.74, 6) is 0.993. The van der Waals surface area contributed by atoms with Crippen LogP contribution in [0.5, 0.6) is 0 Å². The van der Waals surface area contributed by atoms with Gasteiger partial charge in [-0.2, -0.15) is 5.10 Å². The van der Waals surface area contributed by atoms with Crippen LogP contribution in [0.1, 0.15) is 51.8 Å². The molecule has 4 rings (SSSR count). The third-order valence-electron chi connectivity index (χ3n) is 5.71. The fourth-order valence-corrected chi connectivity index (χ4v) is 4.38. The molecule has 0 saturated carbocycles. The van der Waals surface area contributed by atoms with Gasteiger partial charge in [0.1, 0.15) is 5.69 Å². The third kappa shape index (κ3) is 3.48. The van der Waals surface area contributed by atoms with E-state index in [0.29, 0.717) is 13.1 Å². The van der Waals surface area contributed by atoms with Crippen LogP contribution in [0, 0.1) is 20.8 Å². The SMILES string of the molecule is CCCn1c(C)cnc1-c1nn(C)c2c1CN(C(=O)c1cc(C)cc(C)c1)CC2. The van der Waals surface area contributed by atoms with Crippen molar-refractivity contribution in [2.75, 3.05) is 6.54 Å². The van der Waals surface area contributed by atoms with E-state index in [1.54, 1.807) is 0 Å². The summed E-state index contributed by atoms with van der Waals surface area (Å²) in [5, 5.41) is 4.81. The van der Waals surface area contributed by atoms with Gasteiger partial charge in [-0.05, 0) is 39.3 Å². The van der Waals surface area contributed by atoms with Gasteiger partial charge in [0.25, 0.3) is 5.91 Å². The van der Waals surface area contributed by atoms with E-state index in [9.17, 15) is 4.79 Å². The highest BCUT2D eigenvalue weighted by atomic mass is 16.2. The predicted octanol–water partition coefficient (Wildman–Crippen LogP) is 3.82. The van der Waals surface area contributed by atoms with E-state index in [2.05, 4.69) is 29.5 Å². The highest BCUT2D eigenvalue weighted by molar-refractivity contribution is 5.94. The lowest BCUT2D eigenvalue weighted by atomic mass is 10.0. The van der Waals surface area contributed by atoms with E-state index >= 15 is 0 Å². The molecule has 0 atom stereocenters. The van der Waals surface area contributed by atoms with Crippen molar-refractivity contribution >= 4 is 5.91 Å². The molecule has 3 heterocycles. The molecule has 6 heteroatoms. The van der Waals surface area contributed by atoms with Crippen molar-refractivity contribution in [3.8, 4) is 11.5 Å². The van der Waals surface area contributed by atoms with Crippen LogP contribution in [0.4, 0.5) is 0 Å². The molecule has 0 spiro atoms. The number of fused-ring (bicyclic) bond motifs is 1. The molecule has 1 amide bonds. The van der Waals surface area contributed by atoms with Crippen LogP contribution in [-0.2, 0) is 26.6 Å². The van der Waals surface area contributed by atoms with Crippen LogP contribution < -0.4 is 0 Å². The Hall–Kier alpha value is -2.89. The van der Waals surface area contributed by atoms with E-state index < -0.39 is 0 Å². The summed E-state index contributed by atoms with van der Waals surface area (Å²) < 4.78 is 4.19. The summed E-state index contributed by atoms with van der Waals surface area (Å²) >= 11 is 0. The van der Waals surface area contributed by atoms with E-state index in [4.69, 9.17) is 5.10 Å². The van der Waals surface area contributed by atoms with Crippen molar-refractivity contribution in [1.29, 1.82) is 0 Å². The summed E-state index contributed by atoms with van der Waals surface area (Å²) in [6.45, 7) is 10.5. The maximum atomic E-state index is 13.2. The Morgan fingerprint density at radius 2 is 1.86 bits per heavy atom. The Balaban J connectivity index is 1.70. The molecule has 3 aromatic rings. The molecule has 0 saturated heterocycles. The topological polar surface area (TPSA) is 56.0 Å². The Kier molecular flexibility index (Phi) is 5.03. The summed E-state index contributed by atoms with van der Waals surface area (Å²) in [5.41, 5.74) is 7.37. The lowest BCUT2D eigenvalue weighted by Crippen LogP contribution is -2.36. The number of hydrogen-bond acceptors (Lipinski definition) is 3. The summed E-state index contributed by atoms with van der Waals surface area (Å²) in [4.78, 5) is 19.8. The lowest BCUT2D eigenvalue weighted by Gasteiger charge is -2.28. The first kappa shape index (κ1) is 19.4. The van der Waals surface area contributed by atoms with Crippen molar-refractivity contribution in [2.24, 2.45) is 7.05 Å². The highest BCUT2D eigenvalue weighted by Crippen LogP contribution is 2.30. The largest absolute Gasteiger partial charge is 0.334 e. The van der Waals surface area contributed by atoms with Crippen LogP contribution in [0.25, 0.3) is 11.5 Å². The standard InChI is InChI=1S/C23H29N5O/c1-6-8-28-17(4)13-24-22(28)21-19-14-27(9-7-20(19)26(5)25-21)23(29)18-11-15(2)10-16(3)12-18/h10-13H,6-9,14H2,1-5H3. The average molecular weight is 392 g/mol. The van der Waals surface area contributed by atoms with Gasteiger partial charge in [0.05, 0.1) is 6.54 Å². The first-order valence-electron chi connectivity index (χ1n) is 10.3. The maximum Gasteiger partial charge on any atom is 0.254 e. The molecule has 0 N–H and O–H groups in total. The molecule has 1 aromatic carbocycles. The van der Waals surface area contributed by atoms with Crippen LogP contribution in [0.3, 0.4) is 0 Å². The quantitative estimate of drug-likeness (QED) is 0.679. The summed E-state index contributed by atoms with van der Waals surface area (Å²) in [6, 6.07) is 6.05. The summed E-state index contributed by atoms with van der Waals surface area (Å²) in [6.07, 6.45) is 3.76. The molecule has 152 valence electrons. The molecular weight excluding hydrogens is 362 g/mol. The van der Waals surface area contributed by atoms with E-state index in [1.165, 1.54) is 5.69 Å². The number of hydrogen-bond donors (Lipinski definition) is 0. The number of imidazole rings is 1. The number of benzene rings is 1. The molecule has 0 bridgehead atoms. The Labute approximate surface area is 172 Å². The number of rotatable bonds is 4. The second kappa shape index (κ2) is 7.50. The fraction of sp³-hybridized carbons (Fsp3) is 0.435. The van der Waals surface area contributed by atoms with Crippen LogP contribution in [0.15, 0.2) is 24.4 Å². The minimum Gasteiger partial charge on any atom is -0.334 e. The molecule has 0 unspecified atom stereocenters. The van der Waals surface area contributed by atoms with Gasteiger partial charge in [0, 0.05) is 55.3 Å². The number of carbonyl (C=O) groups excluding carboxylic acids is 1. The molecule has 1 aliphatic rings. The monoisotopic (exact) mass is 391 g/mol. The first-order chi connectivity index (χ1) is 13.9. The van der Waals surface area contributed by atoms with Crippen LogP contribution >= 0.6 is 0 Å². The van der Waals surface area contributed by atoms with Gasteiger partial charge in [-0.1, -0.05) is 24.1 Å². The molecular formula is C23H29N5O. The predicted molar refractivity (Wildman–Crippen MR) is 114 cm³/mol. The Morgan fingerprint density at radius 1 is 1.14 bits per heavy atom. The van der Waals surface area contributed by atoms with Gasteiger partial charge < -0.3 is 9.47 Å². The highest BCUT2D eigenvalue weighted by Gasteiger charge is 2.29. The maximum absolute atomic E-state index is 13.2. The molecule has 1 aliphatic heterocycles. The fourth-order valence-electron chi connectivity index (χ4n) is 4.38. The van der Waals surface area contributed by atoms with Crippen molar-refractivity contribution in [1.82, 2.24) is 24.2 Å². The summed E-state index contributed by atoms with van der Waals surface area (Å²) in [7, 11) is 1.99. The van der Waals surface area contributed by atoms with Crippen LogP contribution in [-0.4, -0.2) is 36.7 Å². The van der Waals surface area contributed by atoms with Gasteiger partial charge in [-0.25, -0.2) is 4.98 Å². The molecule has 0 fully saturated rings. The molecule has 2 aromatic heterocycles. The average Bonchev–Trinajstić information content (AvgIpc) is 3.20. The lowest BCUT2D eigenvalue weighted by molar-refractivity contribution is 0.0733. The van der Waals surface area contributed by atoms with E-state index in [1.807, 2.05) is 48.8 Å². The second-order valence-electron chi connectivity index (χ2n) is 8.13. The van der Waals surface area contributed by atoms with Crippen LogP contribution in [0.2, 0.25) is 0 Å². The van der Waals surface area contributed by atoms with Gasteiger partial charge in [0.15, 0.2) is 5.82 Å². The van der Waals surface area contributed by atoms with E-state index in [0.717, 1.165) is 58.9 Å².